The van der Waals surface area contributed by atoms with Crippen molar-refractivity contribution in [3.05, 3.63) is 29.8 Å². The highest BCUT2D eigenvalue weighted by Crippen LogP contribution is 2.29. The Kier molecular flexibility index (Phi) is 5.65. The van der Waals surface area contributed by atoms with E-state index in [1.165, 1.54) is 0 Å². The molecule has 0 saturated heterocycles. The highest BCUT2D eigenvalue weighted by molar-refractivity contribution is 7.99. The van der Waals surface area contributed by atoms with E-state index in [4.69, 9.17) is 5.73 Å². The Morgan fingerprint density at radius 3 is 2.60 bits per heavy atom. The van der Waals surface area contributed by atoms with Crippen molar-refractivity contribution in [3.8, 4) is 0 Å². The van der Waals surface area contributed by atoms with Crippen LogP contribution in [-0.4, -0.2) is 12.3 Å². The molecule has 0 aliphatic heterocycles. The second-order valence-corrected chi connectivity index (χ2v) is 4.26. The first-order valence-corrected chi connectivity index (χ1v) is 5.85. The van der Waals surface area contributed by atoms with Gasteiger partial charge in [0.25, 0.3) is 5.76 Å². The van der Waals surface area contributed by atoms with E-state index in [-0.39, 0.29) is 0 Å². The minimum absolute atomic E-state index is 0.619. The number of hydrogen-bond acceptors (Lipinski definition) is 2. The minimum atomic E-state index is -2.35. The van der Waals surface area contributed by atoms with Crippen LogP contribution in [0.1, 0.15) is 18.4 Å². The molecular formula is C11H15F2NS. The molecule has 1 rings (SSSR count). The number of thioether (sulfide) groups is 1. The molecule has 0 unspecified atom stereocenters. The SMILES string of the molecule is NCCCCc1ccccc1SC(F)F. The lowest BCUT2D eigenvalue weighted by molar-refractivity contribution is 0.252. The average Bonchev–Trinajstić information content (AvgIpc) is 2.20. The number of hydrogen-bond donors (Lipinski definition) is 1. The van der Waals surface area contributed by atoms with Crippen molar-refractivity contribution in [1.82, 2.24) is 0 Å². The third-order valence-electron chi connectivity index (χ3n) is 2.09. The van der Waals surface area contributed by atoms with Crippen molar-refractivity contribution in [2.75, 3.05) is 6.54 Å². The van der Waals surface area contributed by atoms with Crippen molar-refractivity contribution >= 4 is 11.8 Å². The molecule has 0 fully saturated rings. The summed E-state index contributed by atoms with van der Waals surface area (Å²) in [6.45, 7) is 0.657. The Morgan fingerprint density at radius 1 is 1.20 bits per heavy atom. The summed E-state index contributed by atoms with van der Waals surface area (Å²) in [7, 11) is 0. The van der Waals surface area contributed by atoms with Gasteiger partial charge in [0.1, 0.15) is 0 Å². The van der Waals surface area contributed by atoms with Crippen LogP contribution in [0.15, 0.2) is 29.2 Å². The van der Waals surface area contributed by atoms with E-state index in [0.29, 0.717) is 23.2 Å². The first-order valence-electron chi connectivity index (χ1n) is 4.97. The zero-order chi connectivity index (χ0) is 11.1. The number of aryl methyl sites for hydroxylation is 1. The summed E-state index contributed by atoms with van der Waals surface area (Å²) < 4.78 is 24.5. The van der Waals surface area contributed by atoms with E-state index < -0.39 is 5.76 Å². The lowest BCUT2D eigenvalue weighted by atomic mass is 10.1. The quantitative estimate of drug-likeness (QED) is 0.600. The van der Waals surface area contributed by atoms with Crippen LogP contribution in [0.25, 0.3) is 0 Å². The van der Waals surface area contributed by atoms with Crippen molar-refractivity contribution in [3.63, 3.8) is 0 Å². The molecule has 0 atom stereocenters. The maximum Gasteiger partial charge on any atom is 0.288 e. The molecule has 0 bridgehead atoms. The van der Waals surface area contributed by atoms with Gasteiger partial charge in [-0.15, -0.1) is 0 Å². The van der Waals surface area contributed by atoms with Gasteiger partial charge in [-0.1, -0.05) is 30.0 Å². The van der Waals surface area contributed by atoms with Crippen molar-refractivity contribution in [2.45, 2.75) is 29.9 Å². The molecule has 0 amide bonds. The highest BCUT2D eigenvalue weighted by atomic mass is 32.2. The maximum absolute atomic E-state index is 12.2. The number of rotatable bonds is 6. The van der Waals surface area contributed by atoms with Gasteiger partial charge in [0.05, 0.1) is 0 Å². The van der Waals surface area contributed by atoms with Gasteiger partial charge in [-0.25, -0.2) is 0 Å². The number of alkyl halides is 2. The molecule has 0 aliphatic rings. The largest absolute Gasteiger partial charge is 0.330 e. The standard InChI is InChI=1S/C11H15F2NS/c12-11(13)15-10-7-2-1-5-9(10)6-3-4-8-14/h1-2,5,7,11H,3-4,6,8,14H2. The zero-order valence-electron chi connectivity index (χ0n) is 8.46. The highest BCUT2D eigenvalue weighted by Gasteiger charge is 2.08. The summed E-state index contributed by atoms with van der Waals surface area (Å²) in [5, 5.41) is 0. The molecule has 2 N–H and O–H groups in total. The molecule has 0 aliphatic carbocycles. The van der Waals surface area contributed by atoms with Crippen molar-refractivity contribution < 1.29 is 8.78 Å². The topological polar surface area (TPSA) is 26.0 Å². The van der Waals surface area contributed by atoms with Crippen LogP contribution in [0.3, 0.4) is 0 Å². The first kappa shape index (κ1) is 12.5. The van der Waals surface area contributed by atoms with Gasteiger partial charge in [-0.3, -0.25) is 0 Å². The van der Waals surface area contributed by atoms with Gasteiger partial charge in [-0.05, 0) is 37.4 Å². The smallest absolute Gasteiger partial charge is 0.288 e. The predicted molar refractivity (Wildman–Crippen MR) is 60.3 cm³/mol. The van der Waals surface area contributed by atoms with Crippen LogP contribution in [-0.2, 0) is 6.42 Å². The number of halogens is 2. The Bertz CT molecular complexity index is 292. The molecule has 0 spiro atoms. The second-order valence-electron chi connectivity index (χ2n) is 3.23. The Balaban J connectivity index is 2.60. The lowest BCUT2D eigenvalue weighted by Crippen LogP contribution is -1.99. The number of benzene rings is 1. The number of nitrogens with two attached hydrogens (primary N) is 1. The predicted octanol–water partition coefficient (Wildman–Crippen LogP) is 3.28. The molecule has 0 heterocycles. The average molecular weight is 231 g/mol. The minimum Gasteiger partial charge on any atom is -0.330 e. The summed E-state index contributed by atoms with van der Waals surface area (Å²) in [6, 6.07) is 7.32. The van der Waals surface area contributed by atoms with Gasteiger partial charge in [0.15, 0.2) is 0 Å². The lowest BCUT2D eigenvalue weighted by Gasteiger charge is -2.07. The first-order chi connectivity index (χ1) is 7.24. The number of unbranched alkanes of at least 4 members (excludes halogenated alkanes) is 1. The van der Waals surface area contributed by atoms with Crippen LogP contribution in [0.4, 0.5) is 8.78 Å². The zero-order valence-corrected chi connectivity index (χ0v) is 9.27. The van der Waals surface area contributed by atoms with Crippen molar-refractivity contribution in [1.29, 1.82) is 0 Å². The molecule has 0 saturated carbocycles. The van der Waals surface area contributed by atoms with Gasteiger partial charge in [0, 0.05) is 4.90 Å². The van der Waals surface area contributed by atoms with Gasteiger partial charge in [0.2, 0.25) is 0 Å². The summed E-state index contributed by atoms with van der Waals surface area (Å²) in [5.41, 5.74) is 6.38. The van der Waals surface area contributed by atoms with Crippen LogP contribution in [0.2, 0.25) is 0 Å². The summed E-state index contributed by atoms with van der Waals surface area (Å²) in [6.07, 6.45) is 2.72. The Hall–Kier alpha value is -0.610. The Morgan fingerprint density at radius 2 is 1.93 bits per heavy atom. The second kappa shape index (κ2) is 6.80. The molecule has 0 radical (unpaired) electrons. The van der Waals surface area contributed by atoms with Gasteiger partial charge >= 0.3 is 0 Å². The molecule has 15 heavy (non-hydrogen) atoms. The van der Waals surface area contributed by atoms with Crippen LogP contribution >= 0.6 is 11.8 Å². The molecular weight excluding hydrogens is 216 g/mol. The third kappa shape index (κ3) is 4.62. The molecule has 84 valence electrons. The maximum atomic E-state index is 12.2. The van der Waals surface area contributed by atoms with E-state index in [0.717, 1.165) is 24.8 Å². The van der Waals surface area contributed by atoms with E-state index in [1.54, 1.807) is 12.1 Å². The summed E-state index contributed by atoms with van der Waals surface area (Å²) in [4.78, 5) is 0.685. The van der Waals surface area contributed by atoms with E-state index in [9.17, 15) is 8.78 Å². The van der Waals surface area contributed by atoms with Crippen molar-refractivity contribution in [2.24, 2.45) is 5.73 Å². The molecule has 0 aromatic heterocycles. The molecule has 1 nitrogen and oxygen atoms in total. The molecule has 4 heteroatoms. The van der Waals surface area contributed by atoms with Gasteiger partial charge < -0.3 is 5.73 Å². The monoisotopic (exact) mass is 231 g/mol. The summed E-state index contributed by atoms with van der Waals surface area (Å²) in [5.74, 6) is -2.35. The normalized spacial score (nSPS) is 10.9. The van der Waals surface area contributed by atoms with E-state index in [2.05, 4.69) is 0 Å². The van der Waals surface area contributed by atoms with Gasteiger partial charge in [-0.2, -0.15) is 8.78 Å². The van der Waals surface area contributed by atoms with E-state index in [1.807, 2.05) is 12.1 Å². The van der Waals surface area contributed by atoms with Crippen LogP contribution < -0.4 is 5.73 Å². The summed E-state index contributed by atoms with van der Waals surface area (Å²) >= 11 is 0.619. The van der Waals surface area contributed by atoms with E-state index >= 15 is 0 Å². The molecule has 1 aromatic rings. The van der Waals surface area contributed by atoms with Crippen LogP contribution in [0, 0.1) is 0 Å². The fourth-order valence-electron chi connectivity index (χ4n) is 1.38. The Labute approximate surface area is 93.1 Å². The van der Waals surface area contributed by atoms with Crippen LogP contribution in [0.5, 0.6) is 0 Å². The fourth-order valence-corrected chi connectivity index (χ4v) is 2.05. The fraction of sp³-hybridized carbons (Fsp3) is 0.455. The third-order valence-corrected chi connectivity index (χ3v) is 2.92. The molecule has 1 aromatic carbocycles.